The largest absolute Gasteiger partial charge is 0.481 e. The molecule has 1 aliphatic rings. The van der Waals surface area contributed by atoms with Gasteiger partial charge in [0.15, 0.2) is 0 Å². The Morgan fingerprint density at radius 3 is 2.86 bits per heavy atom. The zero-order valence-corrected chi connectivity index (χ0v) is 8.79. The molecule has 0 spiro atoms. The lowest BCUT2D eigenvalue weighted by Gasteiger charge is -2.02. The first-order valence-electron chi connectivity index (χ1n) is 4.28. The fourth-order valence-corrected chi connectivity index (χ4v) is 2.00. The van der Waals surface area contributed by atoms with Gasteiger partial charge in [0.2, 0.25) is 0 Å². The molecule has 1 aromatic rings. The predicted octanol–water partition coefficient (Wildman–Crippen LogP) is 2.78. The second kappa shape index (κ2) is 3.35. The molecule has 0 aliphatic heterocycles. The SMILES string of the molecule is O=C(O)[C@@H]1C[C@H]1c1cccc(Br)c1F. The highest BCUT2D eigenvalue weighted by molar-refractivity contribution is 9.10. The average molecular weight is 259 g/mol. The van der Waals surface area contributed by atoms with Gasteiger partial charge in [-0.25, -0.2) is 4.39 Å². The van der Waals surface area contributed by atoms with E-state index in [4.69, 9.17) is 5.11 Å². The number of benzene rings is 1. The molecule has 0 amide bonds. The Bertz CT molecular complexity index is 392. The van der Waals surface area contributed by atoms with Gasteiger partial charge in [-0.2, -0.15) is 0 Å². The minimum Gasteiger partial charge on any atom is -0.481 e. The zero-order chi connectivity index (χ0) is 10.3. The molecule has 1 aromatic carbocycles. The van der Waals surface area contributed by atoms with Gasteiger partial charge in [-0.15, -0.1) is 0 Å². The van der Waals surface area contributed by atoms with E-state index < -0.39 is 11.9 Å². The Labute approximate surface area is 88.9 Å². The van der Waals surface area contributed by atoms with Crippen molar-refractivity contribution in [3.63, 3.8) is 0 Å². The molecule has 0 heterocycles. The van der Waals surface area contributed by atoms with Crippen molar-refractivity contribution < 1.29 is 14.3 Å². The van der Waals surface area contributed by atoms with Crippen molar-refractivity contribution in [2.75, 3.05) is 0 Å². The lowest BCUT2D eigenvalue weighted by atomic mass is 10.1. The van der Waals surface area contributed by atoms with E-state index in [1.165, 1.54) is 0 Å². The number of carboxylic acid groups (broad SMARTS) is 1. The van der Waals surface area contributed by atoms with Crippen LogP contribution < -0.4 is 0 Å². The first-order valence-corrected chi connectivity index (χ1v) is 5.07. The Kier molecular flexibility index (Phi) is 2.31. The van der Waals surface area contributed by atoms with E-state index in [1.807, 2.05) is 0 Å². The third-order valence-electron chi connectivity index (χ3n) is 2.49. The second-order valence-electron chi connectivity index (χ2n) is 3.43. The molecule has 0 aromatic heterocycles. The van der Waals surface area contributed by atoms with Gasteiger partial charge >= 0.3 is 5.97 Å². The molecular weight excluding hydrogens is 251 g/mol. The molecule has 2 nitrogen and oxygen atoms in total. The van der Waals surface area contributed by atoms with Crippen LogP contribution in [0.25, 0.3) is 0 Å². The number of hydrogen-bond acceptors (Lipinski definition) is 1. The highest BCUT2D eigenvalue weighted by atomic mass is 79.9. The van der Waals surface area contributed by atoms with Gasteiger partial charge in [0.1, 0.15) is 5.82 Å². The molecule has 4 heteroatoms. The van der Waals surface area contributed by atoms with Crippen LogP contribution in [0.4, 0.5) is 4.39 Å². The lowest BCUT2D eigenvalue weighted by Crippen LogP contribution is -2.00. The summed E-state index contributed by atoms with van der Waals surface area (Å²) >= 11 is 3.08. The van der Waals surface area contributed by atoms with E-state index in [0.717, 1.165) is 0 Å². The minimum absolute atomic E-state index is 0.148. The van der Waals surface area contributed by atoms with Crippen LogP contribution in [-0.2, 0) is 4.79 Å². The summed E-state index contributed by atoms with van der Waals surface area (Å²) in [6.45, 7) is 0. The molecule has 0 radical (unpaired) electrons. The van der Waals surface area contributed by atoms with E-state index in [-0.39, 0.29) is 11.7 Å². The van der Waals surface area contributed by atoms with Crippen molar-refractivity contribution in [2.24, 2.45) is 5.92 Å². The minimum atomic E-state index is -0.839. The molecule has 0 saturated heterocycles. The van der Waals surface area contributed by atoms with Crippen LogP contribution in [0.3, 0.4) is 0 Å². The summed E-state index contributed by atoms with van der Waals surface area (Å²) in [5, 5.41) is 8.71. The summed E-state index contributed by atoms with van der Waals surface area (Å²) in [5.74, 6) is -1.72. The smallest absolute Gasteiger partial charge is 0.307 e. The number of hydrogen-bond donors (Lipinski definition) is 1. The van der Waals surface area contributed by atoms with E-state index in [2.05, 4.69) is 15.9 Å². The third kappa shape index (κ3) is 1.54. The number of aliphatic carboxylic acids is 1. The monoisotopic (exact) mass is 258 g/mol. The van der Waals surface area contributed by atoms with Crippen molar-refractivity contribution in [3.05, 3.63) is 34.1 Å². The molecule has 74 valence electrons. The zero-order valence-electron chi connectivity index (χ0n) is 7.21. The van der Waals surface area contributed by atoms with E-state index in [1.54, 1.807) is 18.2 Å². The third-order valence-corrected chi connectivity index (χ3v) is 3.10. The van der Waals surface area contributed by atoms with Crippen LogP contribution in [0.2, 0.25) is 0 Å². The van der Waals surface area contributed by atoms with Crippen molar-refractivity contribution in [1.29, 1.82) is 0 Å². The van der Waals surface area contributed by atoms with Gasteiger partial charge < -0.3 is 5.11 Å². The van der Waals surface area contributed by atoms with E-state index >= 15 is 0 Å². The van der Waals surface area contributed by atoms with Gasteiger partial charge in [0.05, 0.1) is 10.4 Å². The summed E-state index contributed by atoms with van der Waals surface area (Å²) in [7, 11) is 0. The van der Waals surface area contributed by atoms with Gasteiger partial charge in [0, 0.05) is 5.92 Å². The van der Waals surface area contributed by atoms with E-state index in [9.17, 15) is 9.18 Å². The van der Waals surface area contributed by atoms with Gasteiger partial charge in [0.25, 0.3) is 0 Å². The van der Waals surface area contributed by atoms with Crippen LogP contribution in [0, 0.1) is 11.7 Å². The molecule has 2 atom stereocenters. The van der Waals surface area contributed by atoms with Gasteiger partial charge in [-0.05, 0) is 34.0 Å². The normalized spacial score (nSPS) is 24.7. The Balaban J connectivity index is 2.27. The van der Waals surface area contributed by atoms with Crippen LogP contribution in [0.1, 0.15) is 17.9 Å². The van der Waals surface area contributed by atoms with Crippen LogP contribution in [0.5, 0.6) is 0 Å². The quantitative estimate of drug-likeness (QED) is 0.886. The molecule has 0 unspecified atom stereocenters. The van der Waals surface area contributed by atoms with Crippen LogP contribution in [-0.4, -0.2) is 11.1 Å². The van der Waals surface area contributed by atoms with Gasteiger partial charge in [-0.3, -0.25) is 4.79 Å². The summed E-state index contributed by atoms with van der Waals surface area (Å²) < 4.78 is 13.9. The first kappa shape index (κ1) is 9.65. The fourth-order valence-electron chi connectivity index (χ4n) is 1.62. The summed E-state index contributed by atoms with van der Waals surface area (Å²) in [6.07, 6.45) is 0.544. The van der Waals surface area contributed by atoms with Crippen molar-refractivity contribution in [1.82, 2.24) is 0 Å². The molecular formula is C10H8BrFO2. The maximum absolute atomic E-state index is 13.5. The second-order valence-corrected chi connectivity index (χ2v) is 4.28. The standard InChI is InChI=1S/C10H8BrFO2/c11-8-3-1-2-5(9(8)12)6-4-7(6)10(13)14/h1-3,6-7H,4H2,(H,13,14)/t6-,7+/m0/s1. The van der Waals surface area contributed by atoms with Crippen molar-refractivity contribution in [3.8, 4) is 0 Å². The number of carboxylic acids is 1. The topological polar surface area (TPSA) is 37.3 Å². The van der Waals surface area contributed by atoms with Crippen molar-refractivity contribution >= 4 is 21.9 Å². The molecule has 0 bridgehead atoms. The molecule has 1 aliphatic carbocycles. The maximum atomic E-state index is 13.5. The Hall–Kier alpha value is -0.900. The summed E-state index contributed by atoms with van der Waals surface area (Å²) in [5.41, 5.74) is 0.506. The van der Waals surface area contributed by atoms with Crippen LogP contribution in [0.15, 0.2) is 22.7 Å². The number of halogens is 2. The lowest BCUT2D eigenvalue weighted by molar-refractivity contribution is -0.138. The summed E-state index contributed by atoms with van der Waals surface area (Å²) in [4.78, 5) is 10.6. The average Bonchev–Trinajstić information content (AvgIpc) is 2.89. The fraction of sp³-hybridized carbons (Fsp3) is 0.300. The van der Waals surface area contributed by atoms with Crippen LogP contribution >= 0.6 is 15.9 Å². The number of carbonyl (C=O) groups is 1. The molecule has 1 N–H and O–H groups in total. The van der Waals surface area contributed by atoms with Crippen molar-refractivity contribution in [2.45, 2.75) is 12.3 Å². The Morgan fingerprint density at radius 2 is 2.29 bits per heavy atom. The molecule has 1 saturated carbocycles. The van der Waals surface area contributed by atoms with E-state index in [0.29, 0.717) is 16.5 Å². The molecule has 2 rings (SSSR count). The number of rotatable bonds is 2. The van der Waals surface area contributed by atoms with Gasteiger partial charge in [-0.1, -0.05) is 12.1 Å². The highest BCUT2D eigenvalue weighted by Gasteiger charge is 2.45. The predicted molar refractivity (Wildman–Crippen MR) is 52.6 cm³/mol. The maximum Gasteiger partial charge on any atom is 0.307 e. The molecule has 1 fully saturated rings. The molecule has 14 heavy (non-hydrogen) atoms. The Morgan fingerprint density at radius 1 is 1.57 bits per heavy atom. The summed E-state index contributed by atoms with van der Waals surface area (Å²) in [6, 6.07) is 4.98. The highest BCUT2D eigenvalue weighted by Crippen LogP contribution is 2.48. The first-order chi connectivity index (χ1) is 6.61.